The number of guanidine groups is 1. The van der Waals surface area contributed by atoms with E-state index in [4.69, 9.17) is 0 Å². The van der Waals surface area contributed by atoms with Crippen LogP contribution in [0.2, 0.25) is 0 Å². The quantitative estimate of drug-likeness (QED) is 0.351. The Kier molecular flexibility index (Phi) is 9.58. The molecule has 0 spiro atoms. The van der Waals surface area contributed by atoms with E-state index in [-0.39, 0.29) is 41.8 Å². The van der Waals surface area contributed by atoms with Crippen LogP contribution in [0.5, 0.6) is 0 Å². The minimum absolute atomic E-state index is 0. The van der Waals surface area contributed by atoms with Crippen LogP contribution in [-0.2, 0) is 11.2 Å². The molecule has 8 heteroatoms. The van der Waals surface area contributed by atoms with Crippen molar-refractivity contribution in [1.29, 1.82) is 0 Å². The van der Waals surface area contributed by atoms with Gasteiger partial charge in [-0.3, -0.25) is 9.79 Å². The van der Waals surface area contributed by atoms with Crippen LogP contribution < -0.4 is 10.6 Å². The molecule has 136 valence electrons. The summed E-state index contributed by atoms with van der Waals surface area (Å²) in [7, 11) is 1.78. The fourth-order valence-electron chi connectivity index (χ4n) is 2.62. The summed E-state index contributed by atoms with van der Waals surface area (Å²) in [5, 5.41) is 6.77. The van der Waals surface area contributed by atoms with Crippen molar-refractivity contribution in [1.82, 2.24) is 15.5 Å². The zero-order valence-electron chi connectivity index (χ0n) is 14.3. The monoisotopic (exact) mass is 528 g/mol. The first-order valence-corrected chi connectivity index (χ1v) is 9.60. The number of thiophene rings is 1. The Morgan fingerprint density at radius 2 is 2.25 bits per heavy atom. The van der Waals surface area contributed by atoms with Gasteiger partial charge in [0, 0.05) is 43.5 Å². The van der Waals surface area contributed by atoms with Gasteiger partial charge in [-0.05, 0) is 40.9 Å². The lowest BCUT2D eigenvalue weighted by Crippen LogP contribution is -2.45. The summed E-state index contributed by atoms with van der Waals surface area (Å²) in [6, 6.07) is 4.49. The van der Waals surface area contributed by atoms with Crippen LogP contribution in [0, 0.1) is 5.92 Å². The van der Waals surface area contributed by atoms with Crippen LogP contribution >= 0.6 is 51.2 Å². The molecular formula is C16H26BrIN4OS. The van der Waals surface area contributed by atoms with E-state index < -0.39 is 0 Å². The molecule has 0 bridgehead atoms. The van der Waals surface area contributed by atoms with Crippen molar-refractivity contribution in [3.05, 3.63) is 20.8 Å². The zero-order chi connectivity index (χ0) is 16.8. The fraction of sp³-hybridized carbons (Fsp3) is 0.625. The number of carbonyl (C=O) groups excluding carboxylic acids is 1. The molecule has 2 N–H and O–H groups in total. The number of rotatable bonds is 5. The summed E-state index contributed by atoms with van der Waals surface area (Å²) in [6.45, 7) is 6.33. The van der Waals surface area contributed by atoms with Gasteiger partial charge in [0.05, 0.1) is 3.79 Å². The molecule has 0 radical (unpaired) electrons. The van der Waals surface area contributed by atoms with E-state index in [0.29, 0.717) is 0 Å². The van der Waals surface area contributed by atoms with Gasteiger partial charge in [-0.2, -0.15) is 0 Å². The van der Waals surface area contributed by atoms with Crippen molar-refractivity contribution >= 4 is 63.1 Å². The van der Waals surface area contributed by atoms with Gasteiger partial charge in [0.2, 0.25) is 5.91 Å². The number of aliphatic imine (C=N–C) groups is 1. The average molecular weight is 529 g/mol. The smallest absolute Gasteiger partial charge is 0.225 e. The summed E-state index contributed by atoms with van der Waals surface area (Å²) >= 11 is 5.24. The Morgan fingerprint density at radius 3 is 2.83 bits per heavy atom. The molecule has 0 saturated carbocycles. The number of likely N-dealkylation sites (tertiary alicyclic amines) is 1. The van der Waals surface area contributed by atoms with Crippen LogP contribution in [0.15, 0.2) is 20.9 Å². The summed E-state index contributed by atoms with van der Waals surface area (Å²) < 4.78 is 1.16. The Balaban J connectivity index is 0.00000288. The molecule has 1 aromatic heterocycles. The molecule has 1 aromatic rings. The van der Waals surface area contributed by atoms with Gasteiger partial charge in [0.1, 0.15) is 0 Å². The maximum absolute atomic E-state index is 12.0. The lowest BCUT2D eigenvalue weighted by Gasteiger charge is -2.20. The highest BCUT2D eigenvalue weighted by atomic mass is 127. The second kappa shape index (κ2) is 10.6. The standard InChI is InChI=1S/C16H25BrN4OS.HI/c1-11(2)15(22)21-9-7-12(10-21)20-16(18-3)19-8-6-13-4-5-14(17)23-13;/h4-5,11-12H,6-10H2,1-3H3,(H2,18,19,20);1H. The van der Waals surface area contributed by atoms with Gasteiger partial charge >= 0.3 is 0 Å². The highest BCUT2D eigenvalue weighted by molar-refractivity contribution is 14.0. The van der Waals surface area contributed by atoms with Crippen molar-refractivity contribution in [3.63, 3.8) is 0 Å². The molecule has 1 aliphatic heterocycles. The number of amides is 1. The first-order chi connectivity index (χ1) is 11.0. The second-order valence-corrected chi connectivity index (χ2v) is 8.57. The Morgan fingerprint density at radius 1 is 1.50 bits per heavy atom. The molecule has 24 heavy (non-hydrogen) atoms. The number of hydrogen-bond acceptors (Lipinski definition) is 3. The first kappa shape index (κ1) is 21.7. The molecule has 2 rings (SSSR count). The molecule has 1 amide bonds. The SMILES string of the molecule is CN=C(NCCc1ccc(Br)s1)NC1CCN(C(=O)C(C)C)C1.I. The molecule has 1 unspecified atom stereocenters. The maximum atomic E-state index is 12.0. The van der Waals surface area contributed by atoms with Crippen LogP contribution in [0.3, 0.4) is 0 Å². The number of hydrogen-bond donors (Lipinski definition) is 2. The van der Waals surface area contributed by atoms with Crippen LogP contribution in [-0.4, -0.2) is 49.5 Å². The van der Waals surface area contributed by atoms with Gasteiger partial charge in [-0.25, -0.2) is 0 Å². The molecular weight excluding hydrogens is 503 g/mol. The van der Waals surface area contributed by atoms with E-state index in [1.54, 1.807) is 18.4 Å². The highest BCUT2D eigenvalue weighted by Crippen LogP contribution is 2.22. The van der Waals surface area contributed by atoms with Crippen LogP contribution in [0.4, 0.5) is 0 Å². The summed E-state index contributed by atoms with van der Waals surface area (Å²) in [5.74, 6) is 1.11. The van der Waals surface area contributed by atoms with E-state index >= 15 is 0 Å². The molecule has 1 fully saturated rings. The van der Waals surface area contributed by atoms with Gasteiger partial charge in [0.15, 0.2) is 5.96 Å². The molecule has 1 atom stereocenters. The molecule has 1 aliphatic rings. The third-order valence-electron chi connectivity index (χ3n) is 3.85. The van der Waals surface area contributed by atoms with E-state index in [2.05, 4.69) is 43.7 Å². The molecule has 2 heterocycles. The number of halogens is 2. The molecule has 5 nitrogen and oxygen atoms in total. The van der Waals surface area contributed by atoms with E-state index in [1.165, 1.54) is 4.88 Å². The van der Waals surface area contributed by atoms with Gasteiger partial charge in [-0.15, -0.1) is 35.3 Å². The zero-order valence-corrected chi connectivity index (χ0v) is 19.1. The number of nitrogens with zero attached hydrogens (tertiary/aromatic N) is 2. The summed E-state index contributed by atoms with van der Waals surface area (Å²) in [6.07, 6.45) is 1.94. The van der Waals surface area contributed by atoms with Crippen molar-refractivity contribution in [3.8, 4) is 0 Å². The predicted molar refractivity (Wildman–Crippen MR) is 115 cm³/mol. The van der Waals surface area contributed by atoms with Crippen molar-refractivity contribution in [2.24, 2.45) is 10.9 Å². The summed E-state index contributed by atoms with van der Waals surface area (Å²) in [5.41, 5.74) is 0. The Hall–Kier alpha value is -0.350. The third kappa shape index (κ3) is 6.51. The van der Waals surface area contributed by atoms with E-state index in [1.807, 2.05) is 18.7 Å². The first-order valence-electron chi connectivity index (χ1n) is 7.99. The largest absolute Gasteiger partial charge is 0.356 e. The van der Waals surface area contributed by atoms with Crippen molar-refractivity contribution in [2.45, 2.75) is 32.7 Å². The number of carbonyl (C=O) groups is 1. The highest BCUT2D eigenvalue weighted by Gasteiger charge is 2.27. The normalized spacial score (nSPS) is 17.8. The van der Waals surface area contributed by atoms with Gasteiger partial charge in [0.25, 0.3) is 0 Å². The average Bonchev–Trinajstić information content (AvgIpc) is 3.14. The van der Waals surface area contributed by atoms with E-state index in [0.717, 1.165) is 42.2 Å². The van der Waals surface area contributed by atoms with Crippen molar-refractivity contribution in [2.75, 3.05) is 26.7 Å². The fourth-order valence-corrected chi connectivity index (χ4v) is 4.10. The molecule has 0 aromatic carbocycles. The summed E-state index contributed by atoms with van der Waals surface area (Å²) in [4.78, 5) is 19.6. The minimum atomic E-state index is 0. The lowest BCUT2D eigenvalue weighted by atomic mass is 10.2. The Labute approximate surface area is 173 Å². The van der Waals surface area contributed by atoms with E-state index in [9.17, 15) is 4.79 Å². The second-order valence-electron chi connectivity index (χ2n) is 6.02. The van der Waals surface area contributed by atoms with Gasteiger partial charge < -0.3 is 15.5 Å². The molecule has 1 saturated heterocycles. The Bertz CT molecular complexity index is 564. The van der Waals surface area contributed by atoms with Crippen molar-refractivity contribution < 1.29 is 4.79 Å². The third-order valence-corrected chi connectivity index (χ3v) is 5.53. The number of nitrogens with one attached hydrogen (secondary N) is 2. The maximum Gasteiger partial charge on any atom is 0.225 e. The van der Waals surface area contributed by atoms with Crippen LogP contribution in [0.1, 0.15) is 25.1 Å². The lowest BCUT2D eigenvalue weighted by molar-refractivity contribution is -0.133. The topological polar surface area (TPSA) is 56.7 Å². The van der Waals surface area contributed by atoms with Crippen LogP contribution in [0.25, 0.3) is 0 Å². The minimum Gasteiger partial charge on any atom is -0.356 e. The predicted octanol–water partition coefficient (Wildman–Crippen LogP) is 3.09. The van der Waals surface area contributed by atoms with Gasteiger partial charge in [-0.1, -0.05) is 13.8 Å². The molecule has 0 aliphatic carbocycles.